The minimum absolute atomic E-state index is 0.00750. The quantitative estimate of drug-likeness (QED) is 0.538. The summed E-state index contributed by atoms with van der Waals surface area (Å²) in [5.74, 6) is -0.649. The van der Waals surface area contributed by atoms with Crippen LogP contribution in [0.25, 0.3) is 0 Å². The lowest BCUT2D eigenvalue weighted by molar-refractivity contribution is -0.143. The van der Waals surface area contributed by atoms with Crippen LogP contribution in [0.1, 0.15) is 18.1 Å². The summed E-state index contributed by atoms with van der Waals surface area (Å²) in [6, 6.07) is 9.62. The van der Waals surface area contributed by atoms with Gasteiger partial charge in [-0.15, -0.1) is 0 Å². The fourth-order valence-corrected chi connectivity index (χ4v) is 2.48. The van der Waals surface area contributed by atoms with E-state index < -0.39 is 22.7 Å². The smallest absolute Gasteiger partial charge is 0.417 e. The lowest BCUT2D eigenvalue weighted by atomic mass is 10.1. The maximum Gasteiger partial charge on any atom is 0.417 e. The Labute approximate surface area is 164 Å². The highest BCUT2D eigenvalue weighted by Crippen LogP contribution is 2.38. The molecule has 0 bridgehead atoms. The van der Waals surface area contributed by atoms with Crippen LogP contribution in [0.5, 0.6) is 11.5 Å². The molecule has 0 saturated carbocycles. The van der Waals surface area contributed by atoms with Crippen molar-refractivity contribution in [2.75, 3.05) is 13.2 Å². The molecule has 0 aliphatic carbocycles. The second kappa shape index (κ2) is 9.45. The molecule has 2 aromatic carbocycles. The first-order valence-electron chi connectivity index (χ1n) is 8.19. The molecule has 1 amide bonds. The zero-order valence-corrected chi connectivity index (χ0v) is 15.6. The summed E-state index contributed by atoms with van der Waals surface area (Å²) in [7, 11) is 0. The molecule has 0 heterocycles. The molecule has 0 saturated heterocycles. The van der Waals surface area contributed by atoms with Crippen molar-refractivity contribution < 1.29 is 32.2 Å². The van der Waals surface area contributed by atoms with Crippen LogP contribution in [0.2, 0.25) is 5.02 Å². The summed E-state index contributed by atoms with van der Waals surface area (Å²) in [5, 5.41) is 2.05. The SMILES string of the molecule is CC(=O)NCCOC(=O)Cc1ccccc1Oc1ccc(Cl)c(C(F)(F)F)c1. The molecule has 5 nitrogen and oxygen atoms in total. The number of hydrogen-bond acceptors (Lipinski definition) is 4. The lowest BCUT2D eigenvalue weighted by Gasteiger charge is -2.14. The molecule has 0 aromatic heterocycles. The molecule has 28 heavy (non-hydrogen) atoms. The number of ether oxygens (including phenoxy) is 2. The van der Waals surface area contributed by atoms with E-state index >= 15 is 0 Å². The monoisotopic (exact) mass is 415 g/mol. The third-order valence-corrected chi connectivity index (χ3v) is 3.85. The molecule has 2 rings (SSSR count). The summed E-state index contributed by atoms with van der Waals surface area (Å²) in [4.78, 5) is 22.7. The van der Waals surface area contributed by atoms with Crippen molar-refractivity contribution in [2.24, 2.45) is 0 Å². The number of amides is 1. The minimum atomic E-state index is -4.62. The minimum Gasteiger partial charge on any atom is -0.464 e. The fraction of sp³-hybridized carbons (Fsp3) is 0.263. The second-order valence-electron chi connectivity index (χ2n) is 5.73. The Morgan fingerprint density at radius 3 is 2.54 bits per heavy atom. The third kappa shape index (κ3) is 6.45. The van der Waals surface area contributed by atoms with E-state index in [9.17, 15) is 22.8 Å². The molecule has 9 heteroatoms. The topological polar surface area (TPSA) is 64.6 Å². The van der Waals surface area contributed by atoms with Crippen LogP contribution in [-0.2, 0) is 26.9 Å². The van der Waals surface area contributed by atoms with Crippen LogP contribution in [0.3, 0.4) is 0 Å². The Kier molecular flexibility index (Phi) is 7.28. The molecule has 0 aliphatic heterocycles. The van der Waals surface area contributed by atoms with E-state index in [0.29, 0.717) is 5.56 Å². The molecule has 2 aromatic rings. The molecule has 0 radical (unpaired) electrons. The number of carbonyl (C=O) groups is 2. The number of nitrogens with one attached hydrogen (secondary N) is 1. The molecule has 150 valence electrons. The number of carbonyl (C=O) groups excluding carboxylic acids is 2. The van der Waals surface area contributed by atoms with E-state index in [-0.39, 0.29) is 37.0 Å². The van der Waals surface area contributed by atoms with Crippen LogP contribution in [0.15, 0.2) is 42.5 Å². The van der Waals surface area contributed by atoms with E-state index in [2.05, 4.69) is 5.32 Å². The highest BCUT2D eigenvalue weighted by atomic mass is 35.5. The molecule has 0 fully saturated rings. The van der Waals surface area contributed by atoms with Crippen LogP contribution in [-0.4, -0.2) is 25.0 Å². The van der Waals surface area contributed by atoms with Crippen molar-refractivity contribution in [3.63, 3.8) is 0 Å². The number of rotatable bonds is 7. The molecule has 0 unspecified atom stereocenters. The molecular weight excluding hydrogens is 399 g/mol. The lowest BCUT2D eigenvalue weighted by Crippen LogP contribution is -2.25. The van der Waals surface area contributed by atoms with Crippen molar-refractivity contribution in [3.8, 4) is 11.5 Å². The standard InChI is InChI=1S/C19H17ClF3NO4/c1-12(25)24-8-9-27-18(26)10-13-4-2-3-5-17(13)28-14-6-7-16(20)15(11-14)19(21,22)23/h2-7,11H,8-10H2,1H3,(H,24,25). The van der Waals surface area contributed by atoms with Gasteiger partial charge < -0.3 is 14.8 Å². The zero-order chi connectivity index (χ0) is 20.7. The Hall–Kier alpha value is -2.74. The van der Waals surface area contributed by atoms with Crippen LogP contribution >= 0.6 is 11.6 Å². The summed E-state index contributed by atoms with van der Waals surface area (Å²) >= 11 is 5.60. The maximum atomic E-state index is 13.0. The largest absolute Gasteiger partial charge is 0.464 e. The first-order chi connectivity index (χ1) is 13.2. The van der Waals surface area contributed by atoms with Crippen LogP contribution in [0, 0.1) is 0 Å². The normalized spacial score (nSPS) is 11.0. The summed E-state index contributed by atoms with van der Waals surface area (Å²) < 4.78 is 49.5. The predicted octanol–water partition coefficient (Wildman–Crippen LogP) is 4.37. The molecular formula is C19H17ClF3NO4. The van der Waals surface area contributed by atoms with Crippen LogP contribution in [0.4, 0.5) is 13.2 Å². The van der Waals surface area contributed by atoms with Gasteiger partial charge in [0.05, 0.1) is 23.6 Å². The zero-order valence-electron chi connectivity index (χ0n) is 14.8. The van der Waals surface area contributed by atoms with E-state index in [1.54, 1.807) is 18.2 Å². The molecule has 0 spiro atoms. The van der Waals surface area contributed by atoms with Crippen molar-refractivity contribution in [1.29, 1.82) is 0 Å². The van der Waals surface area contributed by atoms with Crippen molar-refractivity contribution >= 4 is 23.5 Å². The van der Waals surface area contributed by atoms with Gasteiger partial charge in [-0.3, -0.25) is 9.59 Å². The van der Waals surface area contributed by atoms with E-state index in [0.717, 1.165) is 12.1 Å². The van der Waals surface area contributed by atoms with Crippen molar-refractivity contribution in [3.05, 3.63) is 58.6 Å². The molecule has 0 atom stereocenters. The molecule has 0 aliphatic rings. The van der Waals surface area contributed by atoms with Gasteiger partial charge in [0.15, 0.2) is 0 Å². The predicted molar refractivity (Wildman–Crippen MR) is 96.3 cm³/mol. The number of hydrogen-bond donors (Lipinski definition) is 1. The molecule has 1 N–H and O–H groups in total. The Balaban J connectivity index is 2.08. The highest BCUT2D eigenvalue weighted by molar-refractivity contribution is 6.31. The number of para-hydroxylation sites is 1. The van der Waals surface area contributed by atoms with E-state index in [4.69, 9.17) is 21.1 Å². The average Bonchev–Trinajstić information content (AvgIpc) is 2.61. The van der Waals surface area contributed by atoms with Gasteiger partial charge in [0.25, 0.3) is 0 Å². The Morgan fingerprint density at radius 2 is 1.86 bits per heavy atom. The number of halogens is 4. The fourth-order valence-electron chi connectivity index (χ4n) is 2.26. The van der Waals surface area contributed by atoms with E-state index in [1.807, 2.05) is 0 Å². The van der Waals surface area contributed by atoms with Crippen molar-refractivity contribution in [1.82, 2.24) is 5.32 Å². The number of alkyl halides is 3. The maximum absolute atomic E-state index is 13.0. The van der Waals surface area contributed by atoms with Gasteiger partial charge in [-0.25, -0.2) is 0 Å². The second-order valence-corrected chi connectivity index (χ2v) is 6.14. The summed E-state index contributed by atoms with van der Waals surface area (Å²) in [6.45, 7) is 1.54. The summed E-state index contributed by atoms with van der Waals surface area (Å²) in [5.41, 5.74) is -0.572. The van der Waals surface area contributed by atoms with E-state index in [1.165, 1.54) is 19.1 Å². The first-order valence-corrected chi connectivity index (χ1v) is 8.57. The summed E-state index contributed by atoms with van der Waals surface area (Å²) in [6.07, 6.45) is -4.76. The van der Waals surface area contributed by atoms with Gasteiger partial charge in [-0.05, 0) is 24.3 Å². The van der Waals surface area contributed by atoms with Gasteiger partial charge >= 0.3 is 12.1 Å². The Bertz CT molecular complexity index is 855. The first kappa shape index (κ1) is 21.6. The number of esters is 1. The average molecular weight is 416 g/mol. The van der Waals surface area contributed by atoms with Gasteiger partial charge in [0.1, 0.15) is 18.1 Å². The van der Waals surface area contributed by atoms with Crippen LogP contribution < -0.4 is 10.1 Å². The Morgan fingerprint density at radius 1 is 1.14 bits per heavy atom. The van der Waals surface area contributed by atoms with Gasteiger partial charge in [-0.1, -0.05) is 29.8 Å². The van der Waals surface area contributed by atoms with Gasteiger partial charge in [-0.2, -0.15) is 13.2 Å². The highest BCUT2D eigenvalue weighted by Gasteiger charge is 2.33. The van der Waals surface area contributed by atoms with Gasteiger partial charge in [0, 0.05) is 12.5 Å². The third-order valence-electron chi connectivity index (χ3n) is 3.52. The van der Waals surface area contributed by atoms with Crippen molar-refractivity contribution in [2.45, 2.75) is 19.5 Å². The van der Waals surface area contributed by atoms with Gasteiger partial charge in [0.2, 0.25) is 5.91 Å². The number of benzene rings is 2.